The number of carbonyl (C=O) groups excluding carboxylic acids is 1. The van der Waals surface area contributed by atoms with E-state index in [1.54, 1.807) is 30.5 Å². The van der Waals surface area contributed by atoms with Crippen molar-refractivity contribution in [1.82, 2.24) is 14.9 Å². The predicted molar refractivity (Wildman–Crippen MR) is 138 cm³/mol. The molecule has 7 nitrogen and oxygen atoms in total. The van der Waals surface area contributed by atoms with Crippen molar-refractivity contribution in [2.45, 2.75) is 12.1 Å². The van der Waals surface area contributed by atoms with Crippen molar-refractivity contribution in [3.63, 3.8) is 0 Å². The number of hydrogen-bond donors (Lipinski definition) is 2. The zero-order chi connectivity index (χ0) is 24.5. The monoisotopic (exact) mass is 504 g/mol. The van der Waals surface area contributed by atoms with E-state index in [9.17, 15) is 9.90 Å². The molecule has 35 heavy (non-hydrogen) atoms. The van der Waals surface area contributed by atoms with E-state index in [1.807, 2.05) is 58.1 Å². The Balaban J connectivity index is 1.72. The Kier molecular flexibility index (Phi) is 6.15. The fourth-order valence-corrected chi connectivity index (χ4v) is 4.93. The molecule has 1 aliphatic rings. The van der Waals surface area contributed by atoms with Crippen molar-refractivity contribution in [2.24, 2.45) is 0 Å². The highest BCUT2D eigenvalue weighted by Gasteiger charge is 2.43. The first-order chi connectivity index (χ1) is 17.0. The van der Waals surface area contributed by atoms with Gasteiger partial charge in [0.2, 0.25) is 0 Å². The van der Waals surface area contributed by atoms with Crippen LogP contribution in [0.25, 0.3) is 5.69 Å². The maximum Gasteiger partial charge on any atom is 0.339 e. The number of anilines is 1. The van der Waals surface area contributed by atoms with Gasteiger partial charge in [0.1, 0.15) is 11.8 Å². The Morgan fingerprint density at radius 2 is 1.89 bits per heavy atom. The minimum Gasteiger partial charge on any atom is -0.506 e. The van der Waals surface area contributed by atoms with E-state index >= 15 is 0 Å². The quantitative estimate of drug-likeness (QED) is 0.286. The lowest BCUT2D eigenvalue weighted by Crippen LogP contribution is -2.30. The molecule has 0 radical (unpaired) electrons. The summed E-state index contributed by atoms with van der Waals surface area (Å²) in [6, 6.07) is 20.8. The van der Waals surface area contributed by atoms with Crippen LogP contribution >= 0.6 is 23.8 Å². The molecule has 1 saturated heterocycles. The van der Waals surface area contributed by atoms with Crippen molar-refractivity contribution in [1.29, 1.82) is 0 Å². The predicted octanol–water partition coefficient (Wildman–Crippen LogP) is 5.20. The number of rotatable bonds is 5. The van der Waals surface area contributed by atoms with Gasteiger partial charge in [-0.2, -0.15) is 0 Å². The van der Waals surface area contributed by atoms with Crippen LogP contribution in [-0.4, -0.2) is 32.8 Å². The number of aromatic nitrogens is 2. The molecular weight excluding hydrogens is 484 g/mol. The van der Waals surface area contributed by atoms with Crippen molar-refractivity contribution < 1.29 is 14.6 Å². The fraction of sp³-hybridized carbons (Fsp3) is 0.115. The number of para-hydroxylation sites is 1. The Labute approximate surface area is 212 Å². The van der Waals surface area contributed by atoms with Crippen molar-refractivity contribution in [3.05, 3.63) is 107 Å². The first-order valence-electron chi connectivity index (χ1n) is 10.8. The maximum atomic E-state index is 12.5. The van der Waals surface area contributed by atoms with Crippen LogP contribution in [0.2, 0.25) is 5.02 Å². The van der Waals surface area contributed by atoms with E-state index in [0.29, 0.717) is 27.1 Å². The second-order valence-electron chi connectivity index (χ2n) is 7.94. The minimum absolute atomic E-state index is 0.0401. The van der Waals surface area contributed by atoms with Gasteiger partial charge in [-0.1, -0.05) is 29.8 Å². The van der Waals surface area contributed by atoms with Gasteiger partial charge in [0.25, 0.3) is 0 Å². The summed E-state index contributed by atoms with van der Waals surface area (Å²) >= 11 is 12.0. The third-order valence-corrected chi connectivity index (χ3v) is 6.50. The molecule has 5 rings (SSSR count). The number of phenolic OH excluding ortho intramolecular Hbond substituents is 1. The van der Waals surface area contributed by atoms with Crippen LogP contribution in [0, 0.1) is 0 Å². The summed E-state index contributed by atoms with van der Waals surface area (Å²) < 4.78 is 6.94. The third-order valence-electron chi connectivity index (χ3n) is 5.95. The van der Waals surface area contributed by atoms with Gasteiger partial charge in [0, 0.05) is 23.1 Å². The lowest BCUT2D eigenvalue weighted by Gasteiger charge is -2.29. The number of halogens is 1. The highest BCUT2D eigenvalue weighted by atomic mass is 35.5. The molecule has 0 bridgehead atoms. The molecule has 1 aliphatic heterocycles. The number of carbonyl (C=O) groups is 1. The van der Waals surface area contributed by atoms with Gasteiger partial charge < -0.3 is 24.6 Å². The number of nitrogens with one attached hydrogen (secondary N) is 1. The van der Waals surface area contributed by atoms with Crippen molar-refractivity contribution >= 4 is 40.6 Å². The van der Waals surface area contributed by atoms with E-state index in [0.717, 1.165) is 11.4 Å². The average molecular weight is 505 g/mol. The Morgan fingerprint density at radius 1 is 1.09 bits per heavy atom. The molecule has 0 spiro atoms. The summed E-state index contributed by atoms with van der Waals surface area (Å²) in [5.74, 6) is -0.399. The largest absolute Gasteiger partial charge is 0.506 e. The van der Waals surface area contributed by atoms with Gasteiger partial charge in [-0.3, -0.25) is 4.98 Å². The molecule has 0 saturated carbocycles. The summed E-state index contributed by atoms with van der Waals surface area (Å²) in [5, 5.41) is 15.0. The smallest absolute Gasteiger partial charge is 0.339 e. The van der Waals surface area contributed by atoms with Crippen LogP contribution in [0.4, 0.5) is 5.69 Å². The molecular formula is C26H21ClN4O3S. The maximum absolute atomic E-state index is 12.5. The van der Waals surface area contributed by atoms with Crippen LogP contribution in [0.1, 0.15) is 33.8 Å². The molecule has 2 N–H and O–H groups in total. The Hall–Kier alpha value is -3.88. The van der Waals surface area contributed by atoms with Gasteiger partial charge in [-0.25, -0.2) is 4.79 Å². The number of pyridine rings is 1. The molecule has 0 aliphatic carbocycles. The van der Waals surface area contributed by atoms with Gasteiger partial charge in [-0.15, -0.1) is 0 Å². The highest BCUT2D eigenvalue weighted by Crippen LogP contribution is 2.45. The number of phenols is 1. The van der Waals surface area contributed by atoms with Crippen LogP contribution in [0.15, 0.2) is 85.2 Å². The molecule has 1 fully saturated rings. The lowest BCUT2D eigenvalue weighted by molar-refractivity contribution is 0.0600. The zero-order valence-electron chi connectivity index (χ0n) is 18.6. The van der Waals surface area contributed by atoms with Crippen molar-refractivity contribution in [3.8, 4) is 11.4 Å². The summed E-state index contributed by atoms with van der Waals surface area (Å²) in [6.45, 7) is 0. The second-order valence-corrected chi connectivity index (χ2v) is 8.76. The summed E-state index contributed by atoms with van der Waals surface area (Å²) in [7, 11) is 1.36. The Morgan fingerprint density at radius 3 is 2.66 bits per heavy atom. The number of ether oxygens (including phenoxy) is 1. The molecule has 9 heteroatoms. The van der Waals surface area contributed by atoms with E-state index in [2.05, 4.69) is 10.3 Å². The summed E-state index contributed by atoms with van der Waals surface area (Å²) in [4.78, 5) is 18.9. The van der Waals surface area contributed by atoms with Crippen LogP contribution < -0.4 is 10.2 Å². The number of esters is 1. The fourth-order valence-electron chi connectivity index (χ4n) is 4.43. The van der Waals surface area contributed by atoms with Gasteiger partial charge in [0.05, 0.1) is 35.8 Å². The van der Waals surface area contributed by atoms with Crippen LogP contribution in [0.5, 0.6) is 5.75 Å². The molecule has 2 unspecified atom stereocenters. The molecule has 2 atom stereocenters. The van der Waals surface area contributed by atoms with Crippen LogP contribution in [-0.2, 0) is 4.74 Å². The number of thiocarbonyl (C=S) groups is 1. The van der Waals surface area contributed by atoms with E-state index in [1.165, 1.54) is 13.2 Å². The lowest BCUT2D eigenvalue weighted by atomic mass is 10.00. The SMILES string of the molecule is COC(=O)c1ccccc1-n1cccc1C1C(c2ccccn2)NC(=S)N1c1cc(Cl)ccc1O. The van der Waals surface area contributed by atoms with Gasteiger partial charge in [0.15, 0.2) is 5.11 Å². The molecule has 0 amide bonds. The number of methoxy groups -OCH3 is 1. The zero-order valence-corrected chi connectivity index (χ0v) is 20.2. The number of nitrogens with zero attached hydrogens (tertiary/aromatic N) is 3. The highest BCUT2D eigenvalue weighted by molar-refractivity contribution is 7.80. The molecule has 3 heterocycles. The number of benzene rings is 2. The topological polar surface area (TPSA) is 79.6 Å². The normalized spacial score (nSPS) is 17.3. The second kappa shape index (κ2) is 9.40. The average Bonchev–Trinajstić information content (AvgIpc) is 3.49. The van der Waals surface area contributed by atoms with E-state index in [4.69, 9.17) is 28.6 Å². The van der Waals surface area contributed by atoms with Gasteiger partial charge in [-0.05, 0) is 66.8 Å². The molecule has 4 aromatic rings. The molecule has 2 aromatic heterocycles. The van der Waals surface area contributed by atoms with Crippen molar-refractivity contribution in [2.75, 3.05) is 12.0 Å². The minimum atomic E-state index is -0.439. The standard InChI is InChI=1S/C26H21ClN4O3S/c1-34-25(33)17-7-2-3-9-19(17)30-14-6-10-20(30)24-23(18-8-4-5-13-28-18)29-26(35)31(24)21-15-16(27)11-12-22(21)32/h2-15,23-24,32H,1H3,(H,29,35). The summed E-state index contributed by atoms with van der Waals surface area (Å²) in [5.41, 5.74) is 3.15. The van der Waals surface area contributed by atoms with E-state index in [-0.39, 0.29) is 11.8 Å². The van der Waals surface area contributed by atoms with Crippen LogP contribution in [0.3, 0.4) is 0 Å². The molecule has 176 valence electrons. The van der Waals surface area contributed by atoms with Gasteiger partial charge >= 0.3 is 5.97 Å². The Bertz CT molecular complexity index is 1410. The molecule has 2 aromatic carbocycles. The number of hydrogen-bond acceptors (Lipinski definition) is 5. The third kappa shape index (κ3) is 4.11. The summed E-state index contributed by atoms with van der Waals surface area (Å²) in [6.07, 6.45) is 3.60. The van der Waals surface area contributed by atoms with E-state index < -0.39 is 12.0 Å². The number of aromatic hydroxyl groups is 1. The first-order valence-corrected chi connectivity index (χ1v) is 11.6. The first kappa shape index (κ1) is 22.9.